The van der Waals surface area contributed by atoms with Gasteiger partial charge in [-0.3, -0.25) is 0 Å². The van der Waals surface area contributed by atoms with Crippen LogP contribution in [0.2, 0.25) is 0 Å². The maximum atomic E-state index is 12.4. The third-order valence-electron chi connectivity index (χ3n) is 3.71. The minimum absolute atomic E-state index is 0.135. The molecule has 2 aromatic rings. The summed E-state index contributed by atoms with van der Waals surface area (Å²) in [7, 11) is 0. The third kappa shape index (κ3) is 6.96. The van der Waals surface area contributed by atoms with Crippen molar-refractivity contribution in [3.63, 3.8) is 0 Å². The Labute approximate surface area is 173 Å². The summed E-state index contributed by atoms with van der Waals surface area (Å²) in [5.74, 6) is -0.271. The van der Waals surface area contributed by atoms with Gasteiger partial charge >= 0.3 is 6.03 Å². The van der Waals surface area contributed by atoms with Crippen molar-refractivity contribution in [3.8, 4) is 0 Å². The van der Waals surface area contributed by atoms with Gasteiger partial charge in [0.2, 0.25) is 11.9 Å². The summed E-state index contributed by atoms with van der Waals surface area (Å²) in [5, 5.41) is 20.6. The number of benzene rings is 2. The van der Waals surface area contributed by atoms with E-state index < -0.39 is 6.03 Å². The number of rotatable bonds is 6. The van der Waals surface area contributed by atoms with Gasteiger partial charge in [0.15, 0.2) is 0 Å². The molecule has 2 rings (SSSR count). The predicted molar refractivity (Wildman–Crippen MR) is 122 cm³/mol. The number of anilines is 2. The van der Waals surface area contributed by atoms with E-state index in [-0.39, 0.29) is 11.9 Å². The van der Waals surface area contributed by atoms with Crippen LogP contribution in [0.4, 0.5) is 16.2 Å². The van der Waals surface area contributed by atoms with Crippen molar-refractivity contribution in [3.05, 3.63) is 59.7 Å². The van der Waals surface area contributed by atoms with E-state index in [1.165, 1.54) is 0 Å². The number of nitrogens with one attached hydrogen (secondary N) is 2. The Balaban J connectivity index is 2.10. The molecular formula is C19H24N10O. The Hall–Kier alpha value is -4.41. The number of nitrogens with zero attached hydrogens (tertiary/aromatic N) is 4. The highest BCUT2D eigenvalue weighted by Gasteiger charge is 2.06. The second-order valence-electron chi connectivity index (χ2n) is 6.16. The molecule has 0 aliphatic carbocycles. The summed E-state index contributed by atoms with van der Waals surface area (Å²) >= 11 is 0. The van der Waals surface area contributed by atoms with Gasteiger partial charge in [-0.15, -0.1) is 10.2 Å². The lowest BCUT2D eigenvalue weighted by atomic mass is 10.1. The second kappa shape index (κ2) is 10.2. The van der Waals surface area contributed by atoms with E-state index in [4.69, 9.17) is 22.9 Å². The summed E-state index contributed by atoms with van der Waals surface area (Å²) in [4.78, 5) is 12.4. The fraction of sp³-hybridized carbons (Fsp3) is 0.105. The molecule has 0 saturated carbocycles. The smallest absolute Gasteiger partial charge is 0.323 e. The standard InChI is InChI=1S/C19H24N10O/c1-11(26-28-17(20)21)13-5-3-7-15(9-13)24-19(30)25-16-8-4-6-14(10-16)12(2)27-29-18(22)23/h3-10H,1-2H3,(H4,20,21,28)(H4,22,23,29)(H2,24,25,30)/b26-11-,27-12-. The number of carbonyl (C=O) groups is 1. The van der Waals surface area contributed by atoms with Crippen LogP contribution in [0.1, 0.15) is 25.0 Å². The second-order valence-corrected chi connectivity index (χ2v) is 6.16. The molecule has 0 unspecified atom stereocenters. The van der Waals surface area contributed by atoms with Crippen molar-refractivity contribution < 1.29 is 4.79 Å². The highest BCUT2D eigenvalue weighted by atomic mass is 16.2. The fourth-order valence-electron chi connectivity index (χ4n) is 2.32. The first kappa shape index (κ1) is 21.9. The lowest BCUT2D eigenvalue weighted by Gasteiger charge is -2.10. The van der Waals surface area contributed by atoms with Gasteiger partial charge in [0.1, 0.15) is 0 Å². The first-order valence-corrected chi connectivity index (χ1v) is 8.80. The van der Waals surface area contributed by atoms with Gasteiger partial charge in [-0.2, -0.15) is 10.2 Å². The fourth-order valence-corrected chi connectivity index (χ4v) is 2.32. The maximum Gasteiger partial charge on any atom is 0.323 e. The van der Waals surface area contributed by atoms with Crippen molar-refractivity contribution in [1.82, 2.24) is 0 Å². The zero-order valence-electron chi connectivity index (χ0n) is 16.6. The highest BCUT2D eigenvalue weighted by Crippen LogP contribution is 2.15. The largest absolute Gasteiger partial charge is 0.369 e. The number of hydrogen-bond donors (Lipinski definition) is 6. The van der Waals surface area contributed by atoms with E-state index >= 15 is 0 Å². The van der Waals surface area contributed by atoms with Crippen molar-refractivity contribution >= 4 is 40.7 Å². The first-order valence-electron chi connectivity index (χ1n) is 8.80. The van der Waals surface area contributed by atoms with Gasteiger partial charge < -0.3 is 33.6 Å². The first-order chi connectivity index (χ1) is 14.2. The molecule has 156 valence electrons. The number of nitrogens with two attached hydrogens (primary N) is 4. The van der Waals surface area contributed by atoms with Crippen molar-refractivity contribution in [2.24, 2.45) is 43.3 Å². The van der Waals surface area contributed by atoms with Crippen molar-refractivity contribution in [1.29, 1.82) is 0 Å². The van der Waals surface area contributed by atoms with Crippen LogP contribution >= 0.6 is 0 Å². The van der Waals surface area contributed by atoms with Gasteiger partial charge in [-0.1, -0.05) is 24.3 Å². The van der Waals surface area contributed by atoms with E-state index in [9.17, 15) is 4.79 Å². The molecule has 11 nitrogen and oxygen atoms in total. The number of carbonyl (C=O) groups excluding carboxylic acids is 1. The molecule has 0 saturated heterocycles. The maximum absolute atomic E-state index is 12.4. The highest BCUT2D eigenvalue weighted by molar-refractivity contribution is 6.04. The van der Waals surface area contributed by atoms with Crippen molar-refractivity contribution in [2.45, 2.75) is 13.8 Å². The van der Waals surface area contributed by atoms with E-state index in [1.54, 1.807) is 50.2 Å². The van der Waals surface area contributed by atoms with Crippen LogP contribution in [-0.2, 0) is 0 Å². The molecule has 2 aromatic carbocycles. The normalized spacial score (nSPS) is 11.4. The Morgan fingerprint density at radius 2 is 1.10 bits per heavy atom. The molecule has 30 heavy (non-hydrogen) atoms. The van der Waals surface area contributed by atoms with Gasteiger partial charge in [0.25, 0.3) is 0 Å². The number of guanidine groups is 2. The van der Waals surface area contributed by atoms with E-state index in [1.807, 2.05) is 12.1 Å². The molecule has 0 aromatic heterocycles. The predicted octanol–water partition coefficient (Wildman–Crippen LogP) is 1.33. The number of hydrogen-bond acceptors (Lipinski definition) is 5. The molecule has 0 radical (unpaired) electrons. The zero-order valence-corrected chi connectivity index (χ0v) is 16.6. The molecule has 2 amide bonds. The zero-order chi connectivity index (χ0) is 22.1. The van der Waals surface area contributed by atoms with Crippen LogP contribution in [0, 0.1) is 0 Å². The summed E-state index contributed by atoms with van der Waals surface area (Å²) < 4.78 is 0. The minimum Gasteiger partial charge on any atom is -0.369 e. The molecule has 0 spiro atoms. The third-order valence-corrected chi connectivity index (χ3v) is 3.71. The van der Waals surface area contributed by atoms with Gasteiger partial charge in [-0.05, 0) is 49.2 Å². The molecule has 0 aliphatic rings. The van der Waals surface area contributed by atoms with E-state index in [0.29, 0.717) is 22.8 Å². The molecule has 0 bridgehead atoms. The Kier molecular flexibility index (Phi) is 7.46. The Bertz CT molecular complexity index is 950. The van der Waals surface area contributed by atoms with Crippen LogP contribution in [-0.4, -0.2) is 29.4 Å². The Morgan fingerprint density at radius 1 is 0.700 bits per heavy atom. The quantitative estimate of drug-likeness (QED) is 0.238. The molecule has 11 heteroatoms. The SMILES string of the molecule is C/C(=N/N=C(N)N)c1cccc(NC(=O)Nc2cccc(/C(C)=N\N=C(N)N)c2)c1. The molecular weight excluding hydrogens is 384 g/mol. The number of urea groups is 1. The van der Waals surface area contributed by atoms with Crippen LogP contribution < -0.4 is 33.6 Å². The lowest BCUT2D eigenvalue weighted by molar-refractivity contribution is 0.262. The van der Waals surface area contributed by atoms with Crippen LogP contribution in [0.3, 0.4) is 0 Å². The van der Waals surface area contributed by atoms with Crippen LogP contribution in [0.25, 0.3) is 0 Å². The van der Waals surface area contributed by atoms with Crippen molar-refractivity contribution in [2.75, 3.05) is 10.6 Å². The number of amides is 2. The average Bonchev–Trinajstić information content (AvgIpc) is 2.70. The minimum atomic E-state index is -0.415. The summed E-state index contributed by atoms with van der Waals surface area (Å²) in [6.45, 7) is 3.51. The van der Waals surface area contributed by atoms with E-state index in [0.717, 1.165) is 11.1 Å². The summed E-state index contributed by atoms with van der Waals surface area (Å²) in [6.07, 6.45) is 0. The lowest BCUT2D eigenvalue weighted by Crippen LogP contribution is -2.22. The monoisotopic (exact) mass is 408 g/mol. The van der Waals surface area contributed by atoms with Crippen LogP contribution in [0.5, 0.6) is 0 Å². The van der Waals surface area contributed by atoms with E-state index in [2.05, 4.69) is 31.0 Å². The van der Waals surface area contributed by atoms with Gasteiger partial charge in [-0.25, -0.2) is 4.79 Å². The summed E-state index contributed by atoms with van der Waals surface area (Å²) in [5.41, 5.74) is 25.0. The molecule has 10 N–H and O–H groups in total. The summed E-state index contributed by atoms with van der Waals surface area (Å²) in [6, 6.07) is 13.8. The molecule has 0 aliphatic heterocycles. The average molecular weight is 408 g/mol. The van der Waals surface area contributed by atoms with Gasteiger partial charge in [0.05, 0.1) is 11.4 Å². The molecule has 0 heterocycles. The van der Waals surface area contributed by atoms with Gasteiger partial charge in [0, 0.05) is 11.4 Å². The van der Waals surface area contributed by atoms with Crippen LogP contribution in [0.15, 0.2) is 68.9 Å². The topological polar surface area (TPSA) is 195 Å². The Morgan fingerprint density at radius 3 is 1.47 bits per heavy atom. The molecule has 0 fully saturated rings. The molecule has 0 atom stereocenters.